The number of nitrogens with one attached hydrogen (secondary N) is 2. The molecule has 2 aromatic carbocycles. The first-order valence-electron chi connectivity index (χ1n) is 18.4. The Morgan fingerprint density at radius 3 is 2.38 bits per heavy atom. The second-order valence-electron chi connectivity index (χ2n) is 13.8. The van der Waals surface area contributed by atoms with Crippen LogP contribution in [0.25, 0.3) is 10.9 Å². The summed E-state index contributed by atoms with van der Waals surface area (Å²) in [5, 5.41) is 15.7. The van der Waals surface area contributed by atoms with Gasteiger partial charge in [-0.1, -0.05) is 0 Å². The zero-order valence-corrected chi connectivity index (χ0v) is 29.6. The second-order valence-corrected chi connectivity index (χ2v) is 13.8. The monoisotopic (exact) mass is 724 g/mol. The minimum atomic E-state index is -1.00. The first kappa shape index (κ1) is 36.4. The molecule has 1 aromatic heterocycles. The first-order chi connectivity index (χ1) is 25.9. The van der Waals surface area contributed by atoms with E-state index in [9.17, 15) is 19.2 Å². The van der Waals surface area contributed by atoms with Crippen LogP contribution in [0, 0.1) is 11.3 Å². The zero-order valence-electron chi connectivity index (χ0n) is 29.6. The average molecular weight is 725 g/mol. The molecule has 0 bridgehead atoms. The Kier molecular flexibility index (Phi) is 11.5. The van der Waals surface area contributed by atoms with Crippen molar-refractivity contribution in [3.05, 3.63) is 59.3 Å². The highest BCUT2D eigenvalue weighted by Crippen LogP contribution is 2.30. The number of carbonyl (C=O) groups excluding carboxylic acids is 4. The van der Waals surface area contributed by atoms with Gasteiger partial charge in [-0.05, 0) is 68.5 Å². The van der Waals surface area contributed by atoms with E-state index < -0.39 is 29.7 Å². The maximum atomic E-state index is 13.0. The molecule has 278 valence electrons. The standard InChI is InChI=1S/C38H44N8O7/c39-23-25-1-8-32-26(21-25)24-40-38(42-32)41-27-2-4-28(5-3-27)45-13-11-44(12-14-45)15-16-51-17-18-52-19-20-53-29-6-7-30-31(22-29)37(50)46(36(30)49)33-9-10-34(47)43-35(33)48/h1,6-8,21-22,24,27-28,33H,2-5,9-20H2,(H,40,41,42)(H,43,47,48). The van der Waals surface area contributed by atoms with E-state index in [2.05, 4.69) is 36.5 Å². The fourth-order valence-corrected chi connectivity index (χ4v) is 7.57. The van der Waals surface area contributed by atoms with Crippen LogP contribution in [0.1, 0.15) is 64.8 Å². The fourth-order valence-electron chi connectivity index (χ4n) is 7.57. The van der Waals surface area contributed by atoms with E-state index in [1.807, 2.05) is 12.1 Å². The summed E-state index contributed by atoms with van der Waals surface area (Å²) in [4.78, 5) is 64.8. The molecule has 1 aliphatic carbocycles. The molecule has 2 saturated heterocycles. The molecule has 15 heteroatoms. The van der Waals surface area contributed by atoms with E-state index in [4.69, 9.17) is 19.5 Å². The Bertz CT molecular complexity index is 1880. The lowest BCUT2D eigenvalue weighted by atomic mass is 9.90. The van der Waals surface area contributed by atoms with Gasteiger partial charge in [-0.25, -0.2) is 9.97 Å². The van der Waals surface area contributed by atoms with E-state index >= 15 is 0 Å². The molecular weight excluding hydrogens is 680 g/mol. The first-order valence-corrected chi connectivity index (χ1v) is 18.4. The number of carbonyl (C=O) groups is 4. The summed E-state index contributed by atoms with van der Waals surface area (Å²) in [6.45, 7) is 7.23. The van der Waals surface area contributed by atoms with Crippen LogP contribution in [-0.4, -0.2) is 132 Å². The van der Waals surface area contributed by atoms with E-state index in [0.29, 0.717) is 55.8 Å². The number of amides is 4. The smallest absolute Gasteiger partial charge is 0.262 e. The molecule has 1 atom stereocenters. The SMILES string of the molecule is N#Cc1ccc2nc(NC3CCC(N4CCN(CCOCCOCCOc5ccc6c(c5)C(=O)N(C5CCC(=O)NC5=O)C6=O)CC4)CC3)ncc2c1. The molecule has 1 unspecified atom stereocenters. The van der Waals surface area contributed by atoms with Crippen LogP contribution in [0.5, 0.6) is 5.75 Å². The quantitative estimate of drug-likeness (QED) is 0.183. The summed E-state index contributed by atoms with van der Waals surface area (Å²) in [5.74, 6) is -1.10. The van der Waals surface area contributed by atoms with Crippen LogP contribution in [0.15, 0.2) is 42.6 Å². The molecule has 15 nitrogen and oxygen atoms in total. The van der Waals surface area contributed by atoms with Gasteiger partial charge < -0.3 is 19.5 Å². The second kappa shape index (κ2) is 16.8. The van der Waals surface area contributed by atoms with Crippen molar-refractivity contribution in [1.82, 2.24) is 30.0 Å². The molecule has 4 heterocycles. The minimum Gasteiger partial charge on any atom is -0.491 e. The number of anilines is 1. The number of fused-ring (bicyclic) bond motifs is 2. The molecule has 0 radical (unpaired) electrons. The van der Waals surface area contributed by atoms with Gasteiger partial charge in [-0.15, -0.1) is 0 Å². The van der Waals surface area contributed by atoms with Crippen LogP contribution < -0.4 is 15.4 Å². The average Bonchev–Trinajstić information content (AvgIpc) is 3.42. The number of nitriles is 1. The maximum absolute atomic E-state index is 13.0. The lowest BCUT2D eigenvalue weighted by Crippen LogP contribution is -2.54. The Balaban J connectivity index is 0.724. The van der Waals surface area contributed by atoms with Gasteiger partial charge in [0.25, 0.3) is 11.8 Å². The van der Waals surface area contributed by atoms with Crippen LogP contribution in [0.3, 0.4) is 0 Å². The van der Waals surface area contributed by atoms with Gasteiger partial charge in [0.2, 0.25) is 17.8 Å². The third-order valence-electron chi connectivity index (χ3n) is 10.5. The van der Waals surface area contributed by atoms with Crippen molar-refractivity contribution < 1.29 is 33.4 Å². The lowest BCUT2D eigenvalue weighted by Gasteiger charge is -2.42. The van der Waals surface area contributed by atoms with Gasteiger partial charge in [0, 0.05) is 62.8 Å². The van der Waals surface area contributed by atoms with Crippen molar-refractivity contribution in [3.63, 3.8) is 0 Å². The van der Waals surface area contributed by atoms with E-state index in [1.54, 1.807) is 18.3 Å². The fraction of sp³-hybridized carbons (Fsp3) is 0.500. The van der Waals surface area contributed by atoms with Gasteiger partial charge in [0.05, 0.1) is 54.7 Å². The molecule has 1 saturated carbocycles. The van der Waals surface area contributed by atoms with Crippen molar-refractivity contribution in [2.75, 3.05) is 71.1 Å². The van der Waals surface area contributed by atoms with Crippen molar-refractivity contribution in [3.8, 4) is 11.8 Å². The molecule has 4 aliphatic rings. The van der Waals surface area contributed by atoms with Crippen molar-refractivity contribution in [1.29, 1.82) is 5.26 Å². The Labute approximate surface area is 307 Å². The Morgan fingerprint density at radius 1 is 0.849 bits per heavy atom. The Morgan fingerprint density at radius 2 is 1.60 bits per heavy atom. The van der Waals surface area contributed by atoms with E-state index in [1.165, 1.54) is 12.1 Å². The van der Waals surface area contributed by atoms with E-state index in [-0.39, 0.29) is 30.6 Å². The highest BCUT2D eigenvalue weighted by Gasteiger charge is 2.44. The molecule has 7 rings (SSSR count). The maximum Gasteiger partial charge on any atom is 0.262 e. The number of nitrogens with zero attached hydrogens (tertiary/aromatic N) is 6. The van der Waals surface area contributed by atoms with Crippen molar-refractivity contribution >= 4 is 40.5 Å². The number of ether oxygens (including phenoxy) is 3. The summed E-state index contributed by atoms with van der Waals surface area (Å²) in [6, 6.07) is 12.2. The number of benzene rings is 2. The molecular formula is C38H44N8O7. The van der Waals surface area contributed by atoms with Gasteiger partial charge in [-0.2, -0.15) is 5.26 Å². The highest BCUT2D eigenvalue weighted by atomic mass is 16.5. The van der Waals surface area contributed by atoms with Gasteiger partial charge in [-0.3, -0.25) is 39.2 Å². The highest BCUT2D eigenvalue weighted by molar-refractivity contribution is 6.23. The predicted molar refractivity (Wildman–Crippen MR) is 192 cm³/mol. The summed E-state index contributed by atoms with van der Waals surface area (Å²) in [5.41, 5.74) is 1.84. The van der Waals surface area contributed by atoms with Crippen molar-refractivity contribution in [2.24, 2.45) is 0 Å². The molecule has 4 amide bonds. The number of rotatable bonds is 14. The minimum absolute atomic E-state index is 0.0714. The van der Waals surface area contributed by atoms with Crippen LogP contribution in [-0.2, 0) is 19.1 Å². The number of imide groups is 2. The Hall–Kier alpha value is -5.01. The van der Waals surface area contributed by atoms with Gasteiger partial charge in [0.1, 0.15) is 18.4 Å². The molecule has 3 aliphatic heterocycles. The van der Waals surface area contributed by atoms with Crippen molar-refractivity contribution in [2.45, 2.75) is 56.7 Å². The van der Waals surface area contributed by atoms with Crippen LogP contribution in [0.2, 0.25) is 0 Å². The molecule has 0 spiro atoms. The number of hydrogen-bond acceptors (Lipinski definition) is 13. The number of aromatic nitrogens is 2. The van der Waals surface area contributed by atoms with Gasteiger partial charge >= 0.3 is 0 Å². The molecule has 3 aromatic rings. The number of piperidine rings is 1. The van der Waals surface area contributed by atoms with E-state index in [0.717, 1.165) is 74.2 Å². The van der Waals surface area contributed by atoms with Crippen LogP contribution >= 0.6 is 0 Å². The number of piperazine rings is 1. The normalized spacial score (nSPS) is 22.5. The zero-order chi connectivity index (χ0) is 36.7. The predicted octanol–water partition coefficient (Wildman–Crippen LogP) is 2.36. The summed E-state index contributed by atoms with van der Waals surface area (Å²) in [7, 11) is 0. The van der Waals surface area contributed by atoms with Crippen LogP contribution in [0.4, 0.5) is 5.95 Å². The third kappa shape index (κ3) is 8.63. The molecule has 2 N–H and O–H groups in total. The largest absolute Gasteiger partial charge is 0.491 e. The topological polar surface area (TPSA) is 179 Å². The third-order valence-corrected chi connectivity index (χ3v) is 10.5. The summed E-state index contributed by atoms with van der Waals surface area (Å²) in [6.07, 6.45) is 6.46. The summed E-state index contributed by atoms with van der Waals surface area (Å²) < 4.78 is 17.2. The van der Waals surface area contributed by atoms with Gasteiger partial charge in [0.15, 0.2) is 0 Å². The molecule has 53 heavy (non-hydrogen) atoms. The lowest BCUT2D eigenvalue weighted by molar-refractivity contribution is -0.136. The molecule has 3 fully saturated rings. The number of hydrogen-bond donors (Lipinski definition) is 2. The summed E-state index contributed by atoms with van der Waals surface area (Å²) >= 11 is 0.